The highest BCUT2D eigenvalue weighted by Crippen LogP contribution is 2.19. The molecule has 0 spiro atoms. The monoisotopic (exact) mass is 254 g/mol. The van der Waals surface area contributed by atoms with Crippen LogP contribution < -0.4 is 0 Å². The third-order valence-electron chi connectivity index (χ3n) is 3.17. The second-order valence-electron chi connectivity index (χ2n) is 4.66. The van der Waals surface area contributed by atoms with Gasteiger partial charge in [0.15, 0.2) is 0 Å². The van der Waals surface area contributed by atoms with E-state index in [1.165, 1.54) is 12.8 Å². The van der Waals surface area contributed by atoms with Crippen LogP contribution in [0.3, 0.4) is 0 Å². The van der Waals surface area contributed by atoms with Crippen molar-refractivity contribution in [2.45, 2.75) is 19.4 Å². The predicted molar refractivity (Wildman–Crippen MR) is 69.1 cm³/mol. The van der Waals surface area contributed by atoms with E-state index in [9.17, 15) is 0 Å². The summed E-state index contributed by atoms with van der Waals surface area (Å²) in [6, 6.07) is 3.76. The van der Waals surface area contributed by atoms with Crippen LogP contribution in [0.5, 0.6) is 0 Å². The quantitative estimate of drug-likeness (QED) is 0.826. The average molecular weight is 255 g/mol. The highest BCUT2D eigenvalue weighted by atomic mass is 35.5. The number of ether oxygens (including phenoxy) is 1. The van der Waals surface area contributed by atoms with Crippen molar-refractivity contribution in [2.24, 2.45) is 5.92 Å². The second kappa shape index (κ2) is 6.34. The fourth-order valence-electron chi connectivity index (χ4n) is 2.43. The van der Waals surface area contributed by atoms with E-state index in [0.717, 1.165) is 37.0 Å². The number of hydrogen-bond acceptors (Lipinski definition) is 3. The molecule has 0 amide bonds. The minimum Gasteiger partial charge on any atom is -0.384 e. The molecule has 1 aromatic rings. The molecule has 0 N–H and O–H groups in total. The Balaban J connectivity index is 1.90. The van der Waals surface area contributed by atoms with E-state index in [1.54, 1.807) is 13.3 Å². The van der Waals surface area contributed by atoms with Crippen molar-refractivity contribution in [3.63, 3.8) is 0 Å². The van der Waals surface area contributed by atoms with E-state index < -0.39 is 0 Å². The molecule has 1 fully saturated rings. The summed E-state index contributed by atoms with van der Waals surface area (Å²) < 4.78 is 5.24. The van der Waals surface area contributed by atoms with Gasteiger partial charge in [0, 0.05) is 31.4 Å². The minimum absolute atomic E-state index is 0.660. The first-order valence-electron chi connectivity index (χ1n) is 6.09. The SMILES string of the molecule is COCC1CCCN(Cc2cc(Cl)ccn2)C1. The third kappa shape index (κ3) is 3.95. The molecule has 1 atom stereocenters. The number of likely N-dealkylation sites (tertiary alicyclic amines) is 1. The minimum atomic E-state index is 0.660. The van der Waals surface area contributed by atoms with Crippen molar-refractivity contribution in [3.05, 3.63) is 29.0 Å². The maximum Gasteiger partial charge on any atom is 0.0558 e. The number of hydrogen-bond donors (Lipinski definition) is 0. The largest absolute Gasteiger partial charge is 0.384 e. The molecule has 0 aliphatic carbocycles. The zero-order chi connectivity index (χ0) is 12.1. The van der Waals surface area contributed by atoms with Gasteiger partial charge in [0.2, 0.25) is 0 Å². The summed E-state index contributed by atoms with van der Waals surface area (Å²) in [5, 5.41) is 0.764. The lowest BCUT2D eigenvalue weighted by Gasteiger charge is -2.32. The maximum atomic E-state index is 5.96. The fourth-order valence-corrected chi connectivity index (χ4v) is 2.61. The first kappa shape index (κ1) is 12.8. The summed E-state index contributed by atoms with van der Waals surface area (Å²) >= 11 is 5.96. The van der Waals surface area contributed by atoms with Crippen LogP contribution >= 0.6 is 11.6 Å². The number of piperidine rings is 1. The van der Waals surface area contributed by atoms with Gasteiger partial charge in [0.1, 0.15) is 0 Å². The first-order valence-corrected chi connectivity index (χ1v) is 6.47. The Morgan fingerprint density at radius 1 is 1.59 bits per heavy atom. The molecule has 1 aromatic heterocycles. The Kier molecular flexibility index (Phi) is 4.77. The Hall–Kier alpha value is -0.640. The van der Waals surface area contributed by atoms with Crippen LogP contribution in [-0.2, 0) is 11.3 Å². The van der Waals surface area contributed by atoms with Crippen molar-refractivity contribution < 1.29 is 4.74 Å². The summed E-state index contributed by atoms with van der Waals surface area (Å²) in [6.07, 6.45) is 4.29. The van der Waals surface area contributed by atoms with E-state index in [4.69, 9.17) is 16.3 Å². The number of methoxy groups -OCH3 is 1. The molecule has 94 valence electrons. The number of nitrogens with zero attached hydrogens (tertiary/aromatic N) is 2. The van der Waals surface area contributed by atoms with Crippen LogP contribution in [0.25, 0.3) is 0 Å². The van der Waals surface area contributed by atoms with Crippen LogP contribution in [0.2, 0.25) is 5.02 Å². The van der Waals surface area contributed by atoms with Crippen molar-refractivity contribution >= 4 is 11.6 Å². The third-order valence-corrected chi connectivity index (χ3v) is 3.40. The van der Waals surface area contributed by atoms with Crippen molar-refractivity contribution in [2.75, 3.05) is 26.8 Å². The summed E-state index contributed by atoms with van der Waals surface area (Å²) in [5.41, 5.74) is 1.05. The molecule has 0 saturated carbocycles. The lowest BCUT2D eigenvalue weighted by atomic mass is 9.99. The zero-order valence-electron chi connectivity index (χ0n) is 10.2. The highest BCUT2D eigenvalue weighted by molar-refractivity contribution is 6.30. The molecule has 2 rings (SSSR count). The summed E-state index contributed by atoms with van der Waals surface area (Å²) in [4.78, 5) is 6.78. The van der Waals surface area contributed by atoms with Crippen LogP contribution in [0.1, 0.15) is 18.5 Å². The van der Waals surface area contributed by atoms with Crippen molar-refractivity contribution in [1.29, 1.82) is 0 Å². The number of pyridine rings is 1. The van der Waals surface area contributed by atoms with Gasteiger partial charge in [-0.2, -0.15) is 0 Å². The molecule has 0 radical (unpaired) electrons. The molecule has 0 bridgehead atoms. The normalized spacial score (nSPS) is 21.6. The van der Waals surface area contributed by atoms with Gasteiger partial charge < -0.3 is 4.74 Å². The Morgan fingerprint density at radius 3 is 3.24 bits per heavy atom. The molecule has 1 aliphatic rings. The first-order chi connectivity index (χ1) is 8.28. The van der Waals surface area contributed by atoms with E-state index in [-0.39, 0.29) is 0 Å². The summed E-state index contributed by atoms with van der Waals surface area (Å²) in [7, 11) is 1.78. The van der Waals surface area contributed by atoms with E-state index in [1.807, 2.05) is 12.1 Å². The molecule has 4 heteroatoms. The molecule has 0 aromatic carbocycles. The van der Waals surface area contributed by atoms with Crippen LogP contribution in [-0.4, -0.2) is 36.7 Å². The Morgan fingerprint density at radius 2 is 2.47 bits per heavy atom. The molecule has 1 unspecified atom stereocenters. The molecule has 1 saturated heterocycles. The van der Waals surface area contributed by atoms with Crippen LogP contribution in [0, 0.1) is 5.92 Å². The molecule has 1 aliphatic heterocycles. The summed E-state index contributed by atoms with van der Waals surface area (Å²) in [5.74, 6) is 0.660. The molecule has 3 nitrogen and oxygen atoms in total. The van der Waals surface area contributed by atoms with Gasteiger partial charge in [-0.1, -0.05) is 11.6 Å². The fraction of sp³-hybridized carbons (Fsp3) is 0.615. The van der Waals surface area contributed by atoms with Crippen LogP contribution in [0.4, 0.5) is 0 Å². The maximum absolute atomic E-state index is 5.96. The zero-order valence-corrected chi connectivity index (χ0v) is 11.0. The van der Waals surface area contributed by atoms with Gasteiger partial charge >= 0.3 is 0 Å². The standard InChI is InChI=1S/C13H19ClN2O/c1-17-10-11-3-2-6-16(8-11)9-13-7-12(14)4-5-15-13/h4-5,7,11H,2-3,6,8-10H2,1H3. The summed E-state index contributed by atoms with van der Waals surface area (Å²) in [6.45, 7) is 4.00. The average Bonchev–Trinajstić information content (AvgIpc) is 2.30. The number of halogens is 1. The molecular formula is C13H19ClN2O. The second-order valence-corrected chi connectivity index (χ2v) is 5.10. The van der Waals surface area contributed by atoms with Crippen molar-refractivity contribution in [3.8, 4) is 0 Å². The topological polar surface area (TPSA) is 25.4 Å². The van der Waals surface area contributed by atoms with Crippen LogP contribution in [0.15, 0.2) is 18.3 Å². The highest BCUT2D eigenvalue weighted by Gasteiger charge is 2.19. The molecule has 17 heavy (non-hydrogen) atoms. The predicted octanol–water partition coefficient (Wildman–Crippen LogP) is 2.59. The van der Waals surface area contributed by atoms with Gasteiger partial charge in [-0.3, -0.25) is 9.88 Å². The lowest BCUT2D eigenvalue weighted by Crippen LogP contribution is -2.36. The van der Waals surface area contributed by atoms with Gasteiger partial charge in [-0.25, -0.2) is 0 Å². The van der Waals surface area contributed by atoms with Gasteiger partial charge in [0.05, 0.1) is 12.3 Å². The van der Waals surface area contributed by atoms with Gasteiger partial charge in [-0.05, 0) is 37.4 Å². The van der Waals surface area contributed by atoms with Crippen molar-refractivity contribution in [1.82, 2.24) is 9.88 Å². The van der Waals surface area contributed by atoms with E-state index >= 15 is 0 Å². The Bertz CT molecular complexity index is 357. The van der Waals surface area contributed by atoms with E-state index in [2.05, 4.69) is 9.88 Å². The lowest BCUT2D eigenvalue weighted by molar-refractivity contribution is 0.0868. The smallest absolute Gasteiger partial charge is 0.0558 e. The molecule has 2 heterocycles. The Labute approximate surface area is 108 Å². The van der Waals surface area contributed by atoms with E-state index in [0.29, 0.717) is 5.92 Å². The van der Waals surface area contributed by atoms with Gasteiger partial charge in [0.25, 0.3) is 0 Å². The molecular weight excluding hydrogens is 236 g/mol. The van der Waals surface area contributed by atoms with Gasteiger partial charge in [-0.15, -0.1) is 0 Å². The number of rotatable bonds is 4. The number of aromatic nitrogens is 1.